The maximum absolute atomic E-state index is 13.4. The molecule has 0 aliphatic carbocycles. The number of aryl methyl sites for hydroxylation is 1. The van der Waals surface area contributed by atoms with Gasteiger partial charge in [0.1, 0.15) is 5.82 Å². The van der Waals surface area contributed by atoms with E-state index in [1.165, 1.54) is 30.1 Å². The van der Waals surface area contributed by atoms with Crippen molar-refractivity contribution in [2.24, 2.45) is 0 Å². The lowest BCUT2D eigenvalue weighted by atomic mass is 10.1. The summed E-state index contributed by atoms with van der Waals surface area (Å²) in [6, 6.07) is 3.96. The Morgan fingerprint density at radius 3 is 2.84 bits per heavy atom. The van der Waals surface area contributed by atoms with Crippen LogP contribution in [0, 0.1) is 5.82 Å². The number of nitrogen functional groups attached to an aromatic ring is 1. The van der Waals surface area contributed by atoms with Crippen LogP contribution in [0.25, 0.3) is 0 Å². The van der Waals surface area contributed by atoms with E-state index >= 15 is 0 Å². The van der Waals surface area contributed by atoms with Crippen molar-refractivity contribution in [2.45, 2.75) is 13.5 Å². The summed E-state index contributed by atoms with van der Waals surface area (Å²) in [6.45, 7) is 2.37. The highest BCUT2D eigenvalue weighted by Gasteiger charge is 2.21. The maximum Gasteiger partial charge on any atom is 0.214 e. The number of rotatable bonds is 4. The Hall–Kier alpha value is -2.37. The fourth-order valence-electron chi connectivity index (χ4n) is 1.79. The first-order valence-corrected chi connectivity index (χ1v) is 5.78. The number of nitrogens with zero attached hydrogens (tertiary/aromatic N) is 2. The molecule has 1 heterocycles. The Balaban J connectivity index is 2.49. The van der Waals surface area contributed by atoms with Crippen molar-refractivity contribution in [3.05, 3.63) is 41.5 Å². The summed E-state index contributed by atoms with van der Waals surface area (Å²) in [6.07, 6.45) is 1.46. The van der Waals surface area contributed by atoms with Gasteiger partial charge in [0.25, 0.3) is 0 Å². The zero-order chi connectivity index (χ0) is 14.0. The largest absolute Gasteiger partial charge is 0.493 e. The minimum Gasteiger partial charge on any atom is -0.493 e. The van der Waals surface area contributed by atoms with Gasteiger partial charge >= 0.3 is 0 Å². The van der Waals surface area contributed by atoms with E-state index in [4.69, 9.17) is 10.5 Å². The quantitative estimate of drug-likeness (QED) is 0.675. The molecule has 0 radical (unpaired) electrons. The molecule has 0 bridgehead atoms. The van der Waals surface area contributed by atoms with Crippen LogP contribution in [0.3, 0.4) is 0 Å². The summed E-state index contributed by atoms with van der Waals surface area (Å²) in [5.41, 5.74) is 5.91. The first-order valence-electron chi connectivity index (χ1n) is 5.78. The number of hydrogen-bond donors (Lipinski definition) is 1. The van der Waals surface area contributed by atoms with Crippen LogP contribution in [-0.4, -0.2) is 22.7 Å². The average Bonchev–Trinajstić information content (AvgIpc) is 2.83. The molecule has 100 valence electrons. The zero-order valence-corrected chi connectivity index (χ0v) is 10.7. The Kier molecular flexibility index (Phi) is 3.50. The summed E-state index contributed by atoms with van der Waals surface area (Å²) in [5, 5.41) is 4.04. The first-order chi connectivity index (χ1) is 9.08. The molecule has 0 spiro atoms. The third-order valence-corrected chi connectivity index (χ3v) is 2.80. The summed E-state index contributed by atoms with van der Waals surface area (Å²) >= 11 is 0. The van der Waals surface area contributed by atoms with Crippen LogP contribution >= 0.6 is 0 Å². The van der Waals surface area contributed by atoms with E-state index in [0.717, 1.165) is 6.07 Å². The number of hydrogen-bond acceptors (Lipinski definition) is 4. The molecule has 6 heteroatoms. The highest BCUT2D eigenvalue weighted by molar-refractivity contribution is 6.09. The van der Waals surface area contributed by atoms with Crippen molar-refractivity contribution in [2.75, 3.05) is 12.8 Å². The van der Waals surface area contributed by atoms with Gasteiger partial charge in [-0.1, -0.05) is 0 Å². The molecule has 0 amide bonds. The van der Waals surface area contributed by atoms with Crippen LogP contribution in [0.4, 0.5) is 10.1 Å². The molecule has 1 aromatic carbocycles. The lowest BCUT2D eigenvalue weighted by Crippen LogP contribution is -2.12. The second kappa shape index (κ2) is 5.09. The molecule has 0 aliphatic rings. The number of methoxy groups -OCH3 is 1. The number of nitrogens with two attached hydrogens (primary N) is 1. The predicted octanol–water partition coefficient (Wildman–Crippen LogP) is 1.86. The van der Waals surface area contributed by atoms with E-state index < -0.39 is 5.82 Å². The molecule has 0 saturated heterocycles. The highest BCUT2D eigenvalue weighted by atomic mass is 19.1. The molecule has 0 atom stereocenters. The van der Waals surface area contributed by atoms with Crippen LogP contribution in [0.2, 0.25) is 0 Å². The number of ketones is 1. The van der Waals surface area contributed by atoms with Crippen molar-refractivity contribution in [3.63, 3.8) is 0 Å². The van der Waals surface area contributed by atoms with Gasteiger partial charge in [0.15, 0.2) is 11.4 Å². The molecule has 0 fully saturated rings. The van der Waals surface area contributed by atoms with Crippen molar-refractivity contribution >= 4 is 11.5 Å². The van der Waals surface area contributed by atoms with E-state index in [2.05, 4.69) is 5.10 Å². The first kappa shape index (κ1) is 13.1. The fraction of sp³-hybridized carbons (Fsp3) is 0.231. The molecule has 0 saturated carbocycles. The molecule has 19 heavy (non-hydrogen) atoms. The van der Waals surface area contributed by atoms with E-state index in [0.29, 0.717) is 18.0 Å². The molecule has 0 unspecified atom stereocenters. The molecular weight excluding hydrogens is 249 g/mol. The van der Waals surface area contributed by atoms with Crippen LogP contribution in [0.5, 0.6) is 5.75 Å². The van der Waals surface area contributed by atoms with Crippen molar-refractivity contribution in [1.82, 2.24) is 9.78 Å². The van der Waals surface area contributed by atoms with Crippen molar-refractivity contribution < 1.29 is 13.9 Å². The second-order valence-corrected chi connectivity index (χ2v) is 3.94. The smallest absolute Gasteiger partial charge is 0.214 e. The van der Waals surface area contributed by atoms with Gasteiger partial charge in [0, 0.05) is 12.1 Å². The third-order valence-electron chi connectivity index (χ3n) is 2.80. The standard InChI is InChI=1S/C13H14FN3O2/c1-3-17-12(11(19-2)7-16-17)13(18)8-4-5-10(15)9(14)6-8/h4-7H,3,15H2,1-2H3. The Morgan fingerprint density at radius 2 is 2.26 bits per heavy atom. The summed E-state index contributed by atoms with van der Waals surface area (Å²) in [5.74, 6) is -0.605. The normalized spacial score (nSPS) is 10.5. The Bertz CT molecular complexity index is 601. The SMILES string of the molecule is CCn1ncc(OC)c1C(=O)c1ccc(N)c(F)c1. The molecule has 5 nitrogen and oxygen atoms in total. The molecule has 1 aromatic heterocycles. The van der Waals surface area contributed by atoms with E-state index in [1.807, 2.05) is 6.92 Å². The van der Waals surface area contributed by atoms with Gasteiger partial charge in [-0.15, -0.1) is 0 Å². The predicted molar refractivity (Wildman–Crippen MR) is 68.7 cm³/mol. The Labute approximate surface area is 109 Å². The monoisotopic (exact) mass is 263 g/mol. The number of carbonyl (C=O) groups is 1. The molecule has 0 aliphatic heterocycles. The van der Waals surface area contributed by atoms with Crippen LogP contribution in [-0.2, 0) is 6.54 Å². The zero-order valence-electron chi connectivity index (χ0n) is 10.7. The summed E-state index contributed by atoms with van der Waals surface area (Å²) in [7, 11) is 1.46. The third kappa shape index (κ3) is 2.29. The minimum absolute atomic E-state index is 0.00696. The number of halogens is 1. The number of ether oxygens (including phenoxy) is 1. The topological polar surface area (TPSA) is 70.1 Å². The van der Waals surface area contributed by atoms with Crippen LogP contribution in [0.1, 0.15) is 23.0 Å². The van der Waals surface area contributed by atoms with E-state index in [-0.39, 0.29) is 17.0 Å². The van der Waals surface area contributed by atoms with Crippen LogP contribution in [0.15, 0.2) is 24.4 Å². The highest BCUT2D eigenvalue weighted by Crippen LogP contribution is 2.22. The van der Waals surface area contributed by atoms with Gasteiger partial charge in [0.05, 0.1) is 19.0 Å². The van der Waals surface area contributed by atoms with Gasteiger partial charge in [-0.3, -0.25) is 9.48 Å². The number of aromatic nitrogens is 2. The average molecular weight is 263 g/mol. The van der Waals surface area contributed by atoms with Crippen LogP contribution < -0.4 is 10.5 Å². The van der Waals surface area contributed by atoms with Gasteiger partial charge < -0.3 is 10.5 Å². The van der Waals surface area contributed by atoms with E-state index in [1.54, 1.807) is 0 Å². The minimum atomic E-state index is -0.618. The molecular formula is C13H14FN3O2. The summed E-state index contributed by atoms with van der Waals surface area (Å²) < 4.78 is 20.0. The second-order valence-electron chi connectivity index (χ2n) is 3.94. The molecule has 2 rings (SSSR count). The van der Waals surface area contributed by atoms with Gasteiger partial charge in [-0.2, -0.15) is 5.10 Å². The fourth-order valence-corrected chi connectivity index (χ4v) is 1.79. The van der Waals surface area contributed by atoms with Crippen molar-refractivity contribution in [3.8, 4) is 5.75 Å². The van der Waals surface area contributed by atoms with Gasteiger partial charge in [0.2, 0.25) is 5.78 Å². The van der Waals surface area contributed by atoms with Crippen molar-refractivity contribution in [1.29, 1.82) is 0 Å². The van der Waals surface area contributed by atoms with E-state index in [9.17, 15) is 9.18 Å². The lowest BCUT2D eigenvalue weighted by molar-refractivity contribution is 0.102. The number of benzene rings is 1. The molecule has 2 N–H and O–H groups in total. The number of carbonyl (C=O) groups excluding carboxylic acids is 1. The maximum atomic E-state index is 13.4. The lowest BCUT2D eigenvalue weighted by Gasteiger charge is -2.07. The Morgan fingerprint density at radius 1 is 1.53 bits per heavy atom. The summed E-state index contributed by atoms with van der Waals surface area (Å²) in [4.78, 5) is 12.4. The van der Waals surface area contributed by atoms with Gasteiger partial charge in [-0.05, 0) is 25.1 Å². The van der Waals surface area contributed by atoms with Gasteiger partial charge in [-0.25, -0.2) is 4.39 Å². The molecule has 2 aromatic rings. The number of anilines is 1.